The number of hydrogen-bond donors (Lipinski definition) is 1. The van der Waals surface area contributed by atoms with E-state index in [1.165, 1.54) is 13.0 Å². The van der Waals surface area contributed by atoms with Gasteiger partial charge in [-0.1, -0.05) is 6.07 Å². The summed E-state index contributed by atoms with van der Waals surface area (Å²) in [4.78, 5) is 10.7. The lowest BCUT2D eigenvalue weighted by Crippen LogP contribution is -2.10. The number of aliphatic carboxylic acids is 1. The average molecular weight is 196 g/mol. The van der Waals surface area contributed by atoms with Crippen LogP contribution in [0.1, 0.15) is 29.5 Å². The molecule has 0 fully saturated rings. The lowest BCUT2D eigenvalue weighted by atomic mass is 9.96. The van der Waals surface area contributed by atoms with E-state index in [1.54, 1.807) is 13.0 Å². The molecule has 76 valence electrons. The first kappa shape index (κ1) is 10.7. The van der Waals surface area contributed by atoms with Crippen molar-refractivity contribution in [2.45, 2.75) is 26.7 Å². The molecule has 0 heterocycles. The van der Waals surface area contributed by atoms with Gasteiger partial charge >= 0.3 is 5.97 Å². The van der Waals surface area contributed by atoms with Crippen LogP contribution in [0.4, 0.5) is 4.39 Å². The van der Waals surface area contributed by atoms with E-state index in [0.717, 1.165) is 11.1 Å². The van der Waals surface area contributed by atoms with Crippen LogP contribution in [0.15, 0.2) is 12.1 Å². The maximum atomic E-state index is 13.4. The quantitative estimate of drug-likeness (QED) is 0.789. The third kappa shape index (κ3) is 1.92. The van der Waals surface area contributed by atoms with Gasteiger partial charge in [-0.15, -0.1) is 0 Å². The predicted molar refractivity (Wildman–Crippen MR) is 51.9 cm³/mol. The van der Waals surface area contributed by atoms with Crippen LogP contribution in [-0.4, -0.2) is 11.1 Å². The molecule has 0 aliphatic heterocycles. The Morgan fingerprint density at radius 1 is 1.36 bits per heavy atom. The predicted octanol–water partition coefficient (Wildman–Crippen LogP) is 2.63. The fourth-order valence-electron chi connectivity index (χ4n) is 1.27. The smallest absolute Gasteiger partial charge is 0.310 e. The molecule has 0 radical (unpaired) electrons. The maximum Gasteiger partial charge on any atom is 0.310 e. The molecule has 0 aromatic heterocycles. The summed E-state index contributed by atoms with van der Waals surface area (Å²) in [7, 11) is 0. The molecule has 1 aromatic rings. The third-order valence-electron chi connectivity index (χ3n) is 2.45. The van der Waals surface area contributed by atoms with Crippen molar-refractivity contribution in [3.63, 3.8) is 0 Å². The molecular formula is C11H13FO2. The molecule has 0 saturated heterocycles. The van der Waals surface area contributed by atoms with Crippen molar-refractivity contribution in [2.75, 3.05) is 0 Å². The zero-order valence-electron chi connectivity index (χ0n) is 8.47. The largest absolute Gasteiger partial charge is 0.481 e. The lowest BCUT2D eigenvalue weighted by Gasteiger charge is -2.10. The van der Waals surface area contributed by atoms with Crippen LogP contribution in [0, 0.1) is 19.7 Å². The summed E-state index contributed by atoms with van der Waals surface area (Å²) >= 11 is 0. The van der Waals surface area contributed by atoms with Crippen molar-refractivity contribution in [3.8, 4) is 0 Å². The minimum atomic E-state index is -1.01. The van der Waals surface area contributed by atoms with Crippen molar-refractivity contribution in [3.05, 3.63) is 34.6 Å². The molecule has 2 nitrogen and oxygen atoms in total. The van der Waals surface area contributed by atoms with Crippen molar-refractivity contribution in [1.29, 1.82) is 0 Å². The molecule has 0 amide bonds. The fourth-order valence-corrected chi connectivity index (χ4v) is 1.27. The normalized spacial score (nSPS) is 12.6. The highest BCUT2D eigenvalue weighted by atomic mass is 19.1. The van der Waals surface area contributed by atoms with Gasteiger partial charge in [0.25, 0.3) is 0 Å². The third-order valence-corrected chi connectivity index (χ3v) is 2.45. The highest BCUT2D eigenvalue weighted by Gasteiger charge is 2.18. The van der Waals surface area contributed by atoms with Gasteiger partial charge in [0, 0.05) is 5.56 Å². The standard InChI is InChI=1S/C11H13FO2/c1-6-4-9(8(3)11(13)14)10(12)5-7(6)2/h4-5,8H,1-3H3,(H,13,14). The molecule has 0 aliphatic rings. The summed E-state index contributed by atoms with van der Waals surface area (Å²) < 4.78 is 13.4. The number of carboxylic acid groups (broad SMARTS) is 1. The van der Waals surface area contributed by atoms with Gasteiger partial charge in [-0.25, -0.2) is 4.39 Å². The van der Waals surface area contributed by atoms with Crippen LogP contribution >= 0.6 is 0 Å². The molecule has 0 bridgehead atoms. The van der Waals surface area contributed by atoms with Gasteiger partial charge in [-0.3, -0.25) is 4.79 Å². The van der Waals surface area contributed by atoms with Gasteiger partial charge in [0.1, 0.15) is 5.82 Å². The SMILES string of the molecule is Cc1cc(F)c(C(C)C(=O)O)cc1C. The zero-order chi connectivity index (χ0) is 10.9. The first-order valence-corrected chi connectivity index (χ1v) is 4.43. The number of hydrogen-bond acceptors (Lipinski definition) is 1. The van der Waals surface area contributed by atoms with Crippen LogP contribution in [0.5, 0.6) is 0 Å². The van der Waals surface area contributed by atoms with E-state index in [0.29, 0.717) is 0 Å². The first-order chi connectivity index (χ1) is 6.43. The minimum absolute atomic E-state index is 0.251. The van der Waals surface area contributed by atoms with Crippen LogP contribution in [0.3, 0.4) is 0 Å². The Balaban J connectivity index is 3.22. The summed E-state index contributed by atoms with van der Waals surface area (Å²) in [5.41, 5.74) is 2.00. The summed E-state index contributed by atoms with van der Waals surface area (Å²) in [5, 5.41) is 8.75. The Hall–Kier alpha value is -1.38. The molecule has 1 aromatic carbocycles. The van der Waals surface area contributed by atoms with Crippen molar-refractivity contribution in [1.82, 2.24) is 0 Å². The second-order valence-corrected chi connectivity index (χ2v) is 3.52. The van der Waals surface area contributed by atoms with E-state index in [4.69, 9.17) is 5.11 Å². The summed E-state index contributed by atoms with van der Waals surface area (Å²) in [5.74, 6) is -2.25. The van der Waals surface area contributed by atoms with E-state index in [9.17, 15) is 9.18 Å². The van der Waals surface area contributed by atoms with E-state index >= 15 is 0 Å². The summed E-state index contributed by atoms with van der Waals surface area (Å²) in [6, 6.07) is 2.98. The molecule has 14 heavy (non-hydrogen) atoms. The van der Waals surface area contributed by atoms with Gasteiger partial charge in [0.2, 0.25) is 0 Å². The second-order valence-electron chi connectivity index (χ2n) is 3.52. The Morgan fingerprint density at radius 3 is 2.36 bits per heavy atom. The van der Waals surface area contributed by atoms with Gasteiger partial charge in [-0.05, 0) is 38.0 Å². The summed E-state index contributed by atoms with van der Waals surface area (Å²) in [6.45, 7) is 5.12. The topological polar surface area (TPSA) is 37.3 Å². The number of carboxylic acids is 1. The summed E-state index contributed by atoms with van der Waals surface area (Å²) in [6.07, 6.45) is 0. The molecule has 0 aliphatic carbocycles. The van der Waals surface area contributed by atoms with Gasteiger partial charge in [-0.2, -0.15) is 0 Å². The molecule has 1 N–H and O–H groups in total. The Kier molecular flexibility index (Phi) is 2.89. The first-order valence-electron chi connectivity index (χ1n) is 4.43. The monoisotopic (exact) mass is 196 g/mol. The average Bonchev–Trinajstić information content (AvgIpc) is 2.10. The number of carbonyl (C=O) groups is 1. The molecule has 0 spiro atoms. The van der Waals surface area contributed by atoms with E-state index in [-0.39, 0.29) is 5.56 Å². The van der Waals surface area contributed by atoms with Gasteiger partial charge in [0.05, 0.1) is 5.92 Å². The molecular weight excluding hydrogens is 183 g/mol. The van der Waals surface area contributed by atoms with Gasteiger partial charge in [0.15, 0.2) is 0 Å². The maximum absolute atomic E-state index is 13.4. The highest BCUT2D eigenvalue weighted by Crippen LogP contribution is 2.22. The van der Waals surface area contributed by atoms with Crippen LogP contribution in [0.2, 0.25) is 0 Å². The lowest BCUT2D eigenvalue weighted by molar-refractivity contribution is -0.138. The number of halogens is 1. The molecule has 1 atom stereocenters. The van der Waals surface area contributed by atoms with Crippen LogP contribution in [0.25, 0.3) is 0 Å². The van der Waals surface area contributed by atoms with Crippen molar-refractivity contribution < 1.29 is 14.3 Å². The van der Waals surface area contributed by atoms with E-state index < -0.39 is 17.7 Å². The van der Waals surface area contributed by atoms with Crippen molar-refractivity contribution in [2.24, 2.45) is 0 Å². The second kappa shape index (κ2) is 3.78. The van der Waals surface area contributed by atoms with Gasteiger partial charge < -0.3 is 5.11 Å². The zero-order valence-corrected chi connectivity index (χ0v) is 8.47. The van der Waals surface area contributed by atoms with E-state index in [1.807, 2.05) is 6.92 Å². The number of rotatable bonds is 2. The minimum Gasteiger partial charge on any atom is -0.481 e. The Bertz CT molecular complexity index is 372. The number of benzene rings is 1. The molecule has 1 rings (SSSR count). The van der Waals surface area contributed by atoms with E-state index in [2.05, 4.69) is 0 Å². The van der Waals surface area contributed by atoms with Crippen LogP contribution < -0.4 is 0 Å². The fraction of sp³-hybridized carbons (Fsp3) is 0.364. The molecule has 1 unspecified atom stereocenters. The van der Waals surface area contributed by atoms with Crippen molar-refractivity contribution >= 4 is 5.97 Å². The Labute approximate surface area is 82.4 Å². The molecule has 3 heteroatoms. The van der Waals surface area contributed by atoms with Crippen LogP contribution in [-0.2, 0) is 4.79 Å². The number of aryl methyl sites for hydroxylation is 2. The highest BCUT2D eigenvalue weighted by molar-refractivity contribution is 5.75. The Morgan fingerprint density at radius 2 is 1.86 bits per heavy atom. The molecule has 0 saturated carbocycles.